The van der Waals surface area contributed by atoms with Gasteiger partial charge in [-0.05, 0) is 28.9 Å². The topological polar surface area (TPSA) is 77.0 Å². The minimum absolute atomic E-state index is 0.0374. The van der Waals surface area contributed by atoms with Crippen LogP contribution in [0.5, 0.6) is 0 Å². The molecule has 0 radical (unpaired) electrons. The Morgan fingerprint density at radius 3 is 2.81 bits per heavy atom. The van der Waals surface area contributed by atoms with Gasteiger partial charge in [0.15, 0.2) is 5.82 Å². The number of carbonyl (C=O) groups excluding carboxylic acids is 1. The lowest BCUT2D eigenvalue weighted by Crippen LogP contribution is -2.65. The van der Waals surface area contributed by atoms with Gasteiger partial charge in [-0.3, -0.25) is 9.78 Å². The smallest absolute Gasteiger partial charge is 0.407 e. The first-order valence-electron chi connectivity index (χ1n) is 8.22. The van der Waals surface area contributed by atoms with Crippen molar-refractivity contribution in [1.29, 1.82) is 0 Å². The van der Waals surface area contributed by atoms with E-state index in [4.69, 9.17) is 11.6 Å². The van der Waals surface area contributed by atoms with Crippen molar-refractivity contribution >= 4 is 61.8 Å². The summed E-state index contributed by atoms with van der Waals surface area (Å²) in [7, 11) is 1.60. The molecule has 3 heterocycles. The number of anilines is 2. The molecule has 10 heteroatoms. The number of piperazine rings is 1. The highest BCUT2D eigenvalue weighted by atomic mass is 79.9. The van der Waals surface area contributed by atoms with E-state index in [1.807, 2.05) is 4.90 Å². The Labute approximate surface area is 167 Å². The zero-order valence-electron chi connectivity index (χ0n) is 14.4. The molecule has 0 saturated carbocycles. The van der Waals surface area contributed by atoms with E-state index in [1.165, 1.54) is 16.0 Å². The predicted molar refractivity (Wildman–Crippen MR) is 103 cm³/mol. The average Bonchev–Trinajstić information content (AvgIpc) is 2.63. The van der Waals surface area contributed by atoms with Gasteiger partial charge in [0, 0.05) is 25.0 Å². The predicted octanol–water partition coefficient (Wildman–Crippen LogP) is 3.32. The third kappa shape index (κ3) is 2.55. The SMILES string of the molecule is C[C@@H]1CN2c3c(cnc4c(F)c(Br)c(Cl)cc34)N(C)C(=O)[C@H]2CN1C(=O)O. The molecule has 2 atom stereocenters. The van der Waals surface area contributed by atoms with Crippen LogP contribution in [0.15, 0.2) is 16.7 Å². The fourth-order valence-corrected chi connectivity index (χ4v) is 4.30. The minimum Gasteiger partial charge on any atom is -0.465 e. The van der Waals surface area contributed by atoms with Crippen molar-refractivity contribution in [3.05, 3.63) is 27.6 Å². The molecule has 4 rings (SSSR count). The number of hydrogen-bond acceptors (Lipinski definition) is 4. The summed E-state index contributed by atoms with van der Waals surface area (Å²) < 4.78 is 14.8. The first-order chi connectivity index (χ1) is 12.7. The second kappa shape index (κ2) is 6.20. The molecule has 1 aromatic heterocycles. The third-order valence-electron chi connectivity index (χ3n) is 5.20. The van der Waals surface area contributed by atoms with Crippen LogP contribution in [0.25, 0.3) is 10.9 Å². The first-order valence-corrected chi connectivity index (χ1v) is 9.39. The monoisotopic (exact) mass is 456 g/mol. The summed E-state index contributed by atoms with van der Waals surface area (Å²) in [5.41, 5.74) is 1.31. The van der Waals surface area contributed by atoms with Crippen LogP contribution in [-0.2, 0) is 4.79 Å². The van der Waals surface area contributed by atoms with E-state index in [-0.39, 0.29) is 33.5 Å². The number of halogens is 3. The van der Waals surface area contributed by atoms with Gasteiger partial charge >= 0.3 is 6.09 Å². The molecule has 0 unspecified atom stereocenters. The molecular weight excluding hydrogens is 443 g/mol. The van der Waals surface area contributed by atoms with Crippen LogP contribution in [-0.4, -0.2) is 59.2 Å². The van der Waals surface area contributed by atoms with Gasteiger partial charge in [0.2, 0.25) is 0 Å². The number of carboxylic acid groups (broad SMARTS) is 1. The lowest BCUT2D eigenvalue weighted by molar-refractivity contribution is -0.120. The summed E-state index contributed by atoms with van der Waals surface area (Å²) in [6.07, 6.45) is 0.393. The molecule has 1 aromatic carbocycles. The molecule has 0 aliphatic carbocycles. The molecule has 1 saturated heterocycles. The van der Waals surface area contributed by atoms with Gasteiger partial charge in [-0.15, -0.1) is 0 Å². The van der Waals surface area contributed by atoms with Crippen LogP contribution in [0, 0.1) is 5.82 Å². The Kier molecular flexibility index (Phi) is 4.19. The van der Waals surface area contributed by atoms with Crippen molar-refractivity contribution in [2.45, 2.75) is 19.0 Å². The number of hydrogen-bond donors (Lipinski definition) is 1. The molecular formula is C17H15BrClFN4O3. The number of fused-ring (bicyclic) bond motifs is 5. The summed E-state index contributed by atoms with van der Waals surface area (Å²) in [5, 5.41) is 10.1. The minimum atomic E-state index is -1.07. The molecule has 27 heavy (non-hydrogen) atoms. The highest BCUT2D eigenvalue weighted by Gasteiger charge is 2.44. The van der Waals surface area contributed by atoms with Crippen molar-refractivity contribution in [3.8, 4) is 0 Å². The van der Waals surface area contributed by atoms with Crippen molar-refractivity contribution in [1.82, 2.24) is 9.88 Å². The van der Waals surface area contributed by atoms with Gasteiger partial charge in [-0.1, -0.05) is 11.6 Å². The fraction of sp³-hybridized carbons (Fsp3) is 0.353. The largest absolute Gasteiger partial charge is 0.465 e. The number of rotatable bonds is 0. The van der Waals surface area contributed by atoms with Crippen molar-refractivity contribution in [2.24, 2.45) is 0 Å². The van der Waals surface area contributed by atoms with Crippen LogP contribution < -0.4 is 9.80 Å². The Hall–Kier alpha value is -2.13. The van der Waals surface area contributed by atoms with E-state index in [0.717, 1.165) is 0 Å². The maximum absolute atomic E-state index is 14.7. The van der Waals surface area contributed by atoms with Crippen LogP contribution in [0.4, 0.5) is 20.6 Å². The van der Waals surface area contributed by atoms with E-state index in [9.17, 15) is 19.1 Å². The van der Waals surface area contributed by atoms with Crippen LogP contribution >= 0.6 is 27.5 Å². The molecule has 0 spiro atoms. The molecule has 2 aliphatic rings. The zero-order chi connectivity index (χ0) is 19.6. The number of likely N-dealkylation sites (N-methyl/N-ethyl adjacent to an activating group) is 1. The van der Waals surface area contributed by atoms with Gasteiger partial charge in [-0.2, -0.15) is 0 Å². The van der Waals surface area contributed by atoms with E-state index < -0.39 is 18.0 Å². The standard InChI is InChI=1S/C17H15BrClFN4O3/c1-7-5-24-11(6-23(7)17(26)27)16(25)22(2)10-4-21-14-8(15(10)24)3-9(19)12(18)13(14)20/h3-4,7,11H,5-6H2,1-2H3,(H,26,27)/t7-,11-/m1/s1. The average molecular weight is 458 g/mol. The van der Waals surface area contributed by atoms with E-state index in [2.05, 4.69) is 20.9 Å². The van der Waals surface area contributed by atoms with Crippen LogP contribution in [0.2, 0.25) is 5.02 Å². The van der Waals surface area contributed by atoms with Gasteiger partial charge in [0.1, 0.15) is 11.6 Å². The number of aromatic nitrogens is 1. The number of pyridine rings is 1. The Morgan fingerprint density at radius 1 is 1.44 bits per heavy atom. The van der Waals surface area contributed by atoms with E-state index in [0.29, 0.717) is 23.3 Å². The molecule has 0 bridgehead atoms. The quantitative estimate of drug-likeness (QED) is 0.614. The normalized spacial score (nSPS) is 22.1. The maximum atomic E-state index is 14.7. The zero-order valence-corrected chi connectivity index (χ0v) is 16.8. The lowest BCUT2D eigenvalue weighted by Gasteiger charge is -2.49. The molecule has 1 N–H and O–H groups in total. The molecule has 2 amide bonds. The summed E-state index contributed by atoms with van der Waals surface area (Å²) >= 11 is 9.29. The third-order valence-corrected chi connectivity index (χ3v) is 6.50. The Bertz CT molecular complexity index is 1000. The van der Waals surface area contributed by atoms with Crippen LogP contribution in [0.1, 0.15) is 6.92 Å². The highest BCUT2D eigenvalue weighted by Crippen LogP contribution is 2.44. The number of benzene rings is 1. The lowest BCUT2D eigenvalue weighted by atomic mass is 9.99. The van der Waals surface area contributed by atoms with Crippen molar-refractivity contribution in [3.63, 3.8) is 0 Å². The van der Waals surface area contributed by atoms with Gasteiger partial charge in [0.05, 0.1) is 33.6 Å². The van der Waals surface area contributed by atoms with Gasteiger partial charge in [0.25, 0.3) is 5.91 Å². The van der Waals surface area contributed by atoms with Crippen molar-refractivity contribution in [2.75, 3.05) is 29.9 Å². The van der Waals surface area contributed by atoms with Gasteiger partial charge < -0.3 is 19.8 Å². The summed E-state index contributed by atoms with van der Waals surface area (Å²) in [5.74, 6) is -0.806. The Morgan fingerprint density at radius 2 is 2.15 bits per heavy atom. The molecule has 7 nitrogen and oxygen atoms in total. The van der Waals surface area contributed by atoms with Gasteiger partial charge in [-0.25, -0.2) is 9.18 Å². The number of nitrogens with zero attached hydrogens (tertiary/aromatic N) is 4. The summed E-state index contributed by atoms with van der Waals surface area (Å²) in [6, 6.07) is 0.595. The number of carbonyl (C=O) groups is 2. The molecule has 1 fully saturated rings. The van der Waals surface area contributed by atoms with Crippen molar-refractivity contribution < 1.29 is 19.1 Å². The maximum Gasteiger partial charge on any atom is 0.407 e. The summed E-state index contributed by atoms with van der Waals surface area (Å²) in [6.45, 7) is 2.12. The molecule has 2 aliphatic heterocycles. The second-order valence-electron chi connectivity index (χ2n) is 6.72. The first kappa shape index (κ1) is 18.2. The molecule has 2 aromatic rings. The van der Waals surface area contributed by atoms with Crippen LogP contribution in [0.3, 0.4) is 0 Å². The second-order valence-corrected chi connectivity index (χ2v) is 7.92. The number of amides is 2. The fourth-order valence-electron chi connectivity index (χ4n) is 3.81. The van der Waals surface area contributed by atoms with E-state index in [1.54, 1.807) is 20.0 Å². The summed E-state index contributed by atoms with van der Waals surface area (Å²) in [4.78, 5) is 33.1. The Balaban J connectivity index is 1.97. The van der Waals surface area contributed by atoms with E-state index >= 15 is 0 Å². The highest BCUT2D eigenvalue weighted by molar-refractivity contribution is 9.10. The molecule has 142 valence electrons.